The van der Waals surface area contributed by atoms with Crippen LogP contribution in [0.1, 0.15) is 412 Å². The number of phosphoric ester groups is 1. The van der Waals surface area contributed by atoms with E-state index in [4.69, 9.17) is 24.3 Å². The lowest BCUT2D eigenvalue weighted by atomic mass is 10.0. The zero-order valence-electron chi connectivity index (χ0n) is 60.3. The van der Waals surface area contributed by atoms with Gasteiger partial charge < -0.3 is 20.1 Å². The molecule has 2 atom stereocenters. The van der Waals surface area contributed by atoms with E-state index >= 15 is 0 Å². The van der Waals surface area contributed by atoms with Crippen molar-refractivity contribution in [3.63, 3.8) is 0 Å². The van der Waals surface area contributed by atoms with Gasteiger partial charge in [-0.25, -0.2) is 4.57 Å². The van der Waals surface area contributed by atoms with Crippen molar-refractivity contribution in [3.05, 3.63) is 60.8 Å². The van der Waals surface area contributed by atoms with Gasteiger partial charge in [0.25, 0.3) is 0 Å². The minimum Gasteiger partial charge on any atom is -0.462 e. The van der Waals surface area contributed by atoms with Crippen molar-refractivity contribution in [2.45, 2.75) is 418 Å². The molecule has 0 aromatic rings. The number of hydrogen-bond acceptors (Lipinski definition) is 8. The molecule has 10 heteroatoms. The van der Waals surface area contributed by atoms with Crippen molar-refractivity contribution in [1.82, 2.24) is 0 Å². The van der Waals surface area contributed by atoms with Gasteiger partial charge >= 0.3 is 19.8 Å². The molecule has 0 aromatic carbocycles. The van der Waals surface area contributed by atoms with Gasteiger partial charge in [-0.3, -0.25) is 18.6 Å². The van der Waals surface area contributed by atoms with Crippen molar-refractivity contribution >= 4 is 19.8 Å². The molecule has 0 saturated heterocycles. The molecule has 0 heterocycles. The monoisotopic (exact) mass is 1300 g/mol. The first-order chi connectivity index (χ1) is 44.8. The normalized spacial score (nSPS) is 13.1. The number of carbonyl (C=O) groups excluding carboxylic acids is 2. The minimum absolute atomic E-state index is 0.0544. The highest BCUT2D eigenvalue weighted by Gasteiger charge is 2.26. The second-order valence-corrected chi connectivity index (χ2v) is 28.4. The first-order valence-electron chi connectivity index (χ1n) is 39.8. The Labute approximate surface area is 565 Å². The SMILES string of the molecule is CCCCCCC/C=C\C/C=C\C/C=C\CCCCCCCCCCCCCCCCC(=O)OC(COC(=O)CCCCCCCCCCCCCCCCCCCCCCCCCCCCCCC/C=C\C/C=C\CCCCCCC)COP(=O)(O)OCCN. The summed E-state index contributed by atoms with van der Waals surface area (Å²) in [6.45, 7) is 3.79. The van der Waals surface area contributed by atoms with E-state index in [1.54, 1.807) is 0 Å². The molecule has 0 aliphatic heterocycles. The van der Waals surface area contributed by atoms with Gasteiger partial charge in [-0.05, 0) is 83.5 Å². The highest BCUT2D eigenvalue weighted by molar-refractivity contribution is 7.47. The van der Waals surface area contributed by atoms with Crippen LogP contribution in [0.5, 0.6) is 0 Å². The number of phosphoric acid groups is 1. The molecule has 9 nitrogen and oxygen atoms in total. The summed E-state index contributed by atoms with van der Waals surface area (Å²) in [7, 11) is -4.40. The van der Waals surface area contributed by atoms with Gasteiger partial charge in [0, 0.05) is 19.4 Å². The summed E-state index contributed by atoms with van der Waals surface area (Å²) in [5.74, 6) is -0.808. The Bertz CT molecular complexity index is 1680. The Kier molecular flexibility index (Phi) is 74.8. The third-order valence-electron chi connectivity index (χ3n) is 17.9. The van der Waals surface area contributed by atoms with Gasteiger partial charge in [0.05, 0.1) is 13.2 Å². The van der Waals surface area contributed by atoms with Crippen molar-refractivity contribution < 1.29 is 37.6 Å². The summed E-state index contributed by atoms with van der Waals surface area (Å²) < 4.78 is 33.3. The molecule has 0 aliphatic rings. The summed E-state index contributed by atoms with van der Waals surface area (Å²) in [5, 5.41) is 0. The van der Waals surface area contributed by atoms with E-state index in [0.717, 1.165) is 57.8 Å². The standard InChI is InChI=1S/C81H152NO8P/c1-3-5-7-9-11-13-15-17-19-21-23-25-27-29-31-33-34-35-36-37-38-39-40-41-42-43-44-46-47-49-51-53-55-57-59-61-63-65-67-69-71-73-80(83)87-77-79(78-89-91(85,86)88-76-75-82)90-81(84)74-72-70-68-66-64-62-60-58-56-54-52-50-48-45-32-30-28-26-24-22-20-18-16-14-12-10-8-6-4-2/h15-18,21-24,28,30,79H,3-14,19-20,25-27,29,31-78,82H2,1-2H3,(H,85,86)/b17-15-,18-16-,23-21-,24-22-,30-28-. The summed E-state index contributed by atoms with van der Waals surface area (Å²) >= 11 is 0. The van der Waals surface area contributed by atoms with Crippen LogP contribution in [0.3, 0.4) is 0 Å². The predicted octanol–water partition coefficient (Wildman–Crippen LogP) is 26.5. The van der Waals surface area contributed by atoms with Crippen molar-refractivity contribution in [2.75, 3.05) is 26.4 Å². The van der Waals surface area contributed by atoms with E-state index < -0.39 is 26.5 Å². The van der Waals surface area contributed by atoms with Crippen molar-refractivity contribution in [1.29, 1.82) is 0 Å². The van der Waals surface area contributed by atoms with Crippen LogP contribution in [-0.2, 0) is 32.7 Å². The zero-order chi connectivity index (χ0) is 65.8. The number of nitrogens with two attached hydrogens (primary N) is 1. The van der Waals surface area contributed by atoms with E-state index in [9.17, 15) is 19.0 Å². The molecule has 3 N–H and O–H groups in total. The van der Waals surface area contributed by atoms with Crippen LogP contribution in [0.25, 0.3) is 0 Å². The number of unbranched alkanes of at least 4 members (excludes halogenated alkanes) is 53. The number of esters is 2. The van der Waals surface area contributed by atoms with Crippen LogP contribution < -0.4 is 5.73 Å². The van der Waals surface area contributed by atoms with Gasteiger partial charge in [-0.1, -0.05) is 376 Å². The van der Waals surface area contributed by atoms with E-state index in [2.05, 4.69) is 74.6 Å². The number of rotatable bonds is 76. The second kappa shape index (κ2) is 76.7. The molecule has 0 saturated carbocycles. The first-order valence-corrected chi connectivity index (χ1v) is 41.3. The predicted molar refractivity (Wildman–Crippen MR) is 395 cm³/mol. The molecule has 0 aromatic heterocycles. The van der Waals surface area contributed by atoms with Crippen molar-refractivity contribution in [2.24, 2.45) is 5.73 Å². The molecule has 0 amide bonds. The summed E-state index contributed by atoms with van der Waals surface area (Å²) in [4.78, 5) is 35.4. The fourth-order valence-corrected chi connectivity index (χ4v) is 12.7. The second-order valence-electron chi connectivity index (χ2n) is 26.9. The minimum atomic E-state index is -4.40. The third-order valence-corrected chi connectivity index (χ3v) is 18.9. The van der Waals surface area contributed by atoms with Gasteiger partial charge in [0.15, 0.2) is 6.10 Å². The molecular formula is C81H152NO8P. The Morgan fingerprint density at radius 1 is 0.330 bits per heavy atom. The van der Waals surface area contributed by atoms with Gasteiger partial charge in [-0.2, -0.15) is 0 Å². The van der Waals surface area contributed by atoms with E-state index in [1.807, 2.05) is 0 Å². The molecule has 0 aliphatic carbocycles. The van der Waals surface area contributed by atoms with E-state index in [0.29, 0.717) is 6.42 Å². The molecular weight excluding hydrogens is 1150 g/mol. The van der Waals surface area contributed by atoms with Crippen LogP contribution in [0.15, 0.2) is 60.8 Å². The van der Waals surface area contributed by atoms with Gasteiger partial charge in [-0.15, -0.1) is 0 Å². The molecule has 534 valence electrons. The number of hydrogen-bond donors (Lipinski definition) is 2. The zero-order valence-corrected chi connectivity index (χ0v) is 61.2. The fraction of sp³-hybridized carbons (Fsp3) is 0.852. The summed E-state index contributed by atoms with van der Waals surface area (Å²) in [6, 6.07) is 0. The van der Waals surface area contributed by atoms with Crippen LogP contribution in [0.4, 0.5) is 0 Å². The maximum Gasteiger partial charge on any atom is 0.472 e. The highest BCUT2D eigenvalue weighted by atomic mass is 31.2. The smallest absolute Gasteiger partial charge is 0.462 e. The Balaban J connectivity index is 3.75. The van der Waals surface area contributed by atoms with Crippen LogP contribution >= 0.6 is 7.82 Å². The fourth-order valence-electron chi connectivity index (χ4n) is 12.0. The number of ether oxygens (including phenoxy) is 2. The lowest BCUT2D eigenvalue weighted by Crippen LogP contribution is -2.29. The van der Waals surface area contributed by atoms with Crippen molar-refractivity contribution in [3.8, 4) is 0 Å². The average molecular weight is 1300 g/mol. The Morgan fingerprint density at radius 2 is 0.571 bits per heavy atom. The number of allylic oxidation sites excluding steroid dienone is 10. The summed E-state index contributed by atoms with van der Waals surface area (Å²) in [5.41, 5.74) is 5.41. The lowest BCUT2D eigenvalue weighted by Gasteiger charge is -2.19. The molecule has 2 unspecified atom stereocenters. The number of carbonyl (C=O) groups is 2. The van der Waals surface area contributed by atoms with Gasteiger partial charge in [0.1, 0.15) is 6.61 Å². The van der Waals surface area contributed by atoms with Crippen LogP contribution in [-0.4, -0.2) is 49.3 Å². The Hall–Kier alpha value is -2.29. The first kappa shape index (κ1) is 88.7. The maximum absolute atomic E-state index is 12.8. The Morgan fingerprint density at radius 3 is 0.846 bits per heavy atom. The van der Waals surface area contributed by atoms with E-state index in [-0.39, 0.29) is 38.6 Å². The summed E-state index contributed by atoms with van der Waals surface area (Å²) in [6.07, 6.45) is 101. The molecule has 0 fully saturated rings. The third kappa shape index (κ3) is 76.6. The average Bonchev–Trinajstić information content (AvgIpc) is 3.68. The van der Waals surface area contributed by atoms with Gasteiger partial charge in [0.2, 0.25) is 0 Å². The molecule has 0 rings (SSSR count). The topological polar surface area (TPSA) is 134 Å². The van der Waals surface area contributed by atoms with Crippen LogP contribution in [0.2, 0.25) is 0 Å². The molecule has 0 radical (unpaired) electrons. The molecule has 91 heavy (non-hydrogen) atoms. The lowest BCUT2D eigenvalue weighted by molar-refractivity contribution is -0.161. The maximum atomic E-state index is 12.8. The largest absolute Gasteiger partial charge is 0.472 e. The van der Waals surface area contributed by atoms with Crippen LogP contribution in [0, 0.1) is 0 Å². The highest BCUT2D eigenvalue weighted by Crippen LogP contribution is 2.43. The molecule has 0 spiro atoms. The van der Waals surface area contributed by atoms with E-state index in [1.165, 1.54) is 321 Å². The molecule has 0 bridgehead atoms. The quantitative estimate of drug-likeness (QED) is 0.0264.